The van der Waals surface area contributed by atoms with E-state index >= 15 is 0 Å². The maximum atomic E-state index is 11.9. The molecule has 2 amide bonds. The Morgan fingerprint density at radius 3 is 2.19 bits per heavy atom. The van der Waals surface area contributed by atoms with Crippen molar-refractivity contribution in [3.8, 4) is 0 Å². The first-order valence-corrected chi connectivity index (χ1v) is 7.56. The van der Waals surface area contributed by atoms with Crippen LogP contribution in [0.5, 0.6) is 0 Å². The van der Waals surface area contributed by atoms with Crippen molar-refractivity contribution < 1.29 is 19.4 Å². The van der Waals surface area contributed by atoms with Crippen molar-refractivity contribution in [2.24, 2.45) is 11.8 Å². The van der Waals surface area contributed by atoms with Crippen LogP contribution in [-0.2, 0) is 9.53 Å². The monoisotopic (exact) mass is 302 g/mol. The van der Waals surface area contributed by atoms with E-state index in [9.17, 15) is 9.59 Å². The molecule has 3 unspecified atom stereocenters. The number of carbonyl (C=O) groups excluding carboxylic acids is 1. The normalized spacial score (nSPS) is 15.3. The molecule has 0 radical (unpaired) electrons. The molecule has 0 aromatic rings. The molecule has 0 heterocycles. The lowest BCUT2D eigenvalue weighted by molar-refractivity contribution is -0.141. The highest BCUT2D eigenvalue weighted by Gasteiger charge is 2.17. The van der Waals surface area contributed by atoms with Crippen LogP contribution in [0.4, 0.5) is 4.79 Å². The van der Waals surface area contributed by atoms with Crippen LogP contribution in [0, 0.1) is 11.8 Å². The summed E-state index contributed by atoms with van der Waals surface area (Å²) in [5.74, 6) is -0.812. The minimum absolute atomic E-state index is 0.0151. The number of methoxy groups -OCH3 is 1. The second kappa shape index (κ2) is 10.4. The van der Waals surface area contributed by atoms with E-state index in [1.165, 1.54) is 0 Å². The standard InChI is InChI=1S/C15H30N2O4/c1-10(2)13(9-21-5)17-15(20)16-12(4)8-6-7-11(3)14(18)19/h10-13H,6-9H2,1-5H3,(H,18,19)(H2,16,17,20). The number of rotatable bonds is 10. The lowest BCUT2D eigenvalue weighted by Crippen LogP contribution is -2.48. The van der Waals surface area contributed by atoms with Crippen LogP contribution in [0.3, 0.4) is 0 Å². The summed E-state index contributed by atoms with van der Waals surface area (Å²) in [6, 6.07) is -0.208. The first-order valence-electron chi connectivity index (χ1n) is 7.56. The van der Waals surface area contributed by atoms with Gasteiger partial charge in [-0.25, -0.2) is 4.79 Å². The number of hydrogen-bond donors (Lipinski definition) is 3. The van der Waals surface area contributed by atoms with Crippen LogP contribution in [0.1, 0.15) is 47.0 Å². The van der Waals surface area contributed by atoms with Crippen molar-refractivity contribution >= 4 is 12.0 Å². The number of carboxylic acids is 1. The molecule has 21 heavy (non-hydrogen) atoms. The Morgan fingerprint density at radius 1 is 1.10 bits per heavy atom. The Hall–Kier alpha value is -1.30. The highest BCUT2D eigenvalue weighted by Crippen LogP contribution is 2.09. The molecule has 3 N–H and O–H groups in total. The lowest BCUT2D eigenvalue weighted by atomic mass is 10.0. The average molecular weight is 302 g/mol. The van der Waals surface area contributed by atoms with Gasteiger partial charge >= 0.3 is 12.0 Å². The van der Waals surface area contributed by atoms with Gasteiger partial charge in [-0.2, -0.15) is 0 Å². The van der Waals surface area contributed by atoms with Crippen molar-refractivity contribution in [3.63, 3.8) is 0 Å². The van der Waals surface area contributed by atoms with Gasteiger partial charge in [-0.05, 0) is 25.7 Å². The number of aliphatic carboxylic acids is 1. The Labute approximate surface area is 127 Å². The molecule has 6 heteroatoms. The van der Waals surface area contributed by atoms with Crippen LogP contribution in [0.2, 0.25) is 0 Å². The third kappa shape index (κ3) is 9.28. The zero-order valence-corrected chi connectivity index (χ0v) is 13.8. The molecule has 0 rings (SSSR count). The number of hydrogen-bond acceptors (Lipinski definition) is 3. The van der Waals surface area contributed by atoms with Gasteiger partial charge in [0, 0.05) is 13.2 Å². The highest BCUT2D eigenvalue weighted by molar-refractivity contribution is 5.74. The summed E-state index contributed by atoms with van der Waals surface area (Å²) in [4.78, 5) is 22.6. The maximum absolute atomic E-state index is 11.9. The molecule has 0 bridgehead atoms. The second-order valence-corrected chi connectivity index (χ2v) is 5.99. The summed E-state index contributed by atoms with van der Waals surface area (Å²) in [6.07, 6.45) is 2.17. The minimum atomic E-state index is -0.771. The largest absolute Gasteiger partial charge is 0.481 e. The predicted octanol–water partition coefficient (Wildman–Crippen LogP) is 2.24. The average Bonchev–Trinajstić information content (AvgIpc) is 2.37. The number of carboxylic acid groups (broad SMARTS) is 1. The summed E-state index contributed by atoms with van der Waals surface area (Å²) < 4.78 is 5.09. The summed E-state index contributed by atoms with van der Waals surface area (Å²) in [6.45, 7) is 8.16. The van der Waals surface area contributed by atoms with Crippen LogP contribution >= 0.6 is 0 Å². The first-order chi connectivity index (χ1) is 9.77. The molecule has 0 aliphatic rings. The minimum Gasteiger partial charge on any atom is -0.481 e. The van der Waals surface area contributed by atoms with Gasteiger partial charge < -0.3 is 20.5 Å². The van der Waals surface area contributed by atoms with Gasteiger partial charge in [-0.15, -0.1) is 0 Å². The molecular formula is C15H30N2O4. The quantitative estimate of drug-likeness (QED) is 0.577. The maximum Gasteiger partial charge on any atom is 0.315 e. The fourth-order valence-corrected chi connectivity index (χ4v) is 1.94. The summed E-state index contributed by atoms with van der Waals surface area (Å²) >= 11 is 0. The van der Waals surface area contributed by atoms with Crippen LogP contribution in [0.25, 0.3) is 0 Å². The van der Waals surface area contributed by atoms with E-state index in [1.54, 1.807) is 14.0 Å². The van der Waals surface area contributed by atoms with Gasteiger partial charge in [0.2, 0.25) is 0 Å². The third-order valence-electron chi connectivity index (χ3n) is 3.54. The van der Waals surface area contributed by atoms with Gasteiger partial charge in [0.25, 0.3) is 0 Å². The molecule has 0 aromatic heterocycles. The van der Waals surface area contributed by atoms with E-state index in [0.717, 1.165) is 12.8 Å². The van der Waals surface area contributed by atoms with Crippen molar-refractivity contribution in [2.75, 3.05) is 13.7 Å². The molecule has 6 nitrogen and oxygen atoms in total. The number of ether oxygens (including phenoxy) is 1. The third-order valence-corrected chi connectivity index (χ3v) is 3.54. The van der Waals surface area contributed by atoms with Gasteiger partial charge in [0.05, 0.1) is 18.6 Å². The zero-order chi connectivity index (χ0) is 16.4. The van der Waals surface area contributed by atoms with Gasteiger partial charge in [-0.3, -0.25) is 4.79 Å². The van der Waals surface area contributed by atoms with Crippen molar-refractivity contribution in [1.29, 1.82) is 0 Å². The fourth-order valence-electron chi connectivity index (χ4n) is 1.94. The second-order valence-electron chi connectivity index (χ2n) is 5.99. The van der Waals surface area contributed by atoms with E-state index in [2.05, 4.69) is 10.6 Å². The number of carbonyl (C=O) groups is 2. The van der Waals surface area contributed by atoms with Crippen molar-refractivity contribution in [2.45, 2.75) is 59.0 Å². The molecule has 124 valence electrons. The Morgan fingerprint density at radius 2 is 1.71 bits per heavy atom. The van der Waals surface area contributed by atoms with Crippen LogP contribution < -0.4 is 10.6 Å². The zero-order valence-electron chi connectivity index (χ0n) is 13.8. The van der Waals surface area contributed by atoms with Crippen molar-refractivity contribution in [1.82, 2.24) is 10.6 Å². The Kier molecular flexibility index (Phi) is 9.78. The molecule has 0 aromatic carbocycles. The summed E-state index contributed by atoms with van der Waals surface area (Å²) in [5, 5.41) is 14.6. The molecule has 0 aliphatic heterocycles. The van der Waals surface area contributed by atoms with Gasteiger partial charge in [0.1, 0.15) is 0 Å². The van der Waals surface area contributed by atoms with Gasteiger partial charge in [-0.1, -0.05) is 27.2 Å². The SMILES string of the molecule is COCC(NC(=O)NC(C)CCCC(C)C(=O)O)C(C)C. The Bertz CT molecular complexity index is 321. The van der Waals surface area contributed by atoms with E-state index < -0.39 is 5.97 Å². The first kappa shape index (κ1) is 19.7. The molecule has 3 atom stereocenters. The van der Waals surface area contributed by atoms with Gasteiger partial charge in [0.15, 0.2) is 0 Å². The molecule has 0 saturated carbocycles. The van der Waals surface area contributed by atoms with Crippen LogP contribution in [-0.4, -0.2) is 42.9 Å². The predicted molar refractivity (Wildman–Crippen MR) is 82.3 cm³/mol. The number of nitrogens with one attached hydrogen (secondary N) is 2. The lowest BCUT2D eigenvalue weighted by Gasteiger charge is -2.23. The molecule has 0 saturated heterocycles. The topological polar surface area (TPSA) is 87.7 Å². The van der Waals surface area contributed by atoms with Crippen molar-refractivity contribution in [3.05, 3.63) is 0 Å². The number of urea groups is 1. The Balaban J connectivity index is 4.00. The van der Waals surface area contributed by atoms with E-state index in [1.807, 2.05) is 20.8 Å². The summed E-state index contributed by atoms with van der Waals surface area (Å²) in [7, 11) is 1.61. The van der Waals surface area contributed by atoms with E-state index in [4.69, 9.17) is 9.84 Å². The summed E-state index contributed by atoms with van der Waals surface area (Å²) in [5.41, 5.74) is 0. The number of amides is 2. The van der Waals surface area contributed by atoms with E-state index in [0.29, 0.717) is 18.9 Å². The van der Waals surface area contributed by atoms with E-state index in [-0.39, 0.29) is 24.0 Å². The molecule has 0 fully saturated rings. The molecule has 0 aliphatic carbocycles. The molecule has 0 spiro atoms. The fraction of sp³-hybridized carbons (Fsp3) is 0.867. The highest BCUT2D eigenvalue weighted by atomic mass is 16.5. The smallest absolute Gasteiger partial charge is 0.315 e. The molecular weight excluding hydrogens is 272 g/mol. The van der Waals surface area contributed by atoms with Crippen LogP contribution in [0.15, 0.2) is 0 Å².